The lowest BCUT2D eigenvalue weighted by Crippen LogP contribution is -2.55. The topological polar surface area (TPSA) is 31.0 Å². The largest absolute Gasteiger partial charge is 0.456 e. The maximum Gasteiger partial charge on any atom is 0.145 e. The van der Waals surface area contributed by atoms with Gasteiger partial charge in [0.05, 0.1) is 16.7 Å². The van der Waals surface area contributed by atoms with Gasteiger partial charge in [0.1, 0.15) is 56.2 Å². The number of imidazole rings is 1. The molecule has 0 aliphatic rings. The first kappa shape index (κ1) is 35.3. The van der Waals surface area contributed by atoms with Gasteiger partial charge >= 0.3 is 0 Å². The average molecular weight is 738 g/mol. The van der Waals surface area contributed by atoms with Crippen molar-refractivity contribution in [2.75, 3.05) is 0 Å². The molecule has 2 aromatic heterocycles. The molecule has 0 amide bonds. The van der Waals surface area contributed by atoms with Crippen LogP contribution in [0.4, 0.5) is 0 Å². The van der Waals surface area contributed by atoms with E-state index in [-0.39, 0.29) is 27.3 Å². The molecule has 0 spiro atoms. The summed E-state index contributed by atoms with van der Waals surface area (Å²) in [6.45, 7) is 0. The Balaban J connectivity index is 1.30. The molecule has 11 rings (SSSR count). The van der Waals surface area contributed by atoms with E-state index in [9.17, 15) is 0 Å². The van der Waals surface area contributed by atoms with E-state index in [1.165, 1.54) is 0 Å². The lowest BCUT2D eigenvalue weighted by atomic mass is 9.59. The maximum atomic E-state index is 6.73. The highest BCUT2D eigenvalue weighted by Crippen LogP contribution is 2.49. The molecule has 10 radical (unpaired) electrons. The second kappa shape index (κ2) is 13.6. The first-order chi connectivity index (χ1) is 28.9. The van der Waals surface area contributed by atoms with Crippen molar-refractivity contribution in [3.8, 4) is 50.5 Å². The summed E-state index contributed by atoms with van der Waals surface area (Å²) in [7, 11) is 32.6. The number of rotatable bonds is 5. The number of hydrogen-bond acceptors (Lipinski definition) is 2. The van der Waals surface area contributed by atoms with Crippen LogP contribution in [0.25, 0.3) is 105 Å². The Morgan fingerprint density at radius 3 is 1.76 bits per heavy atom. The molecular formula is C51H27B5N2O. The number of hydrogen-bond donors (Lipinski definition) is 0. The van der Waals surface area contributed by atoms with Gasteiger partial charge in [0.25, 0.3) is 0 Å². The molecule has 0 fully saturated rings. The molecule has 0 atom stereocenters. The zero-order chi connectivity index (χ0) is 39.9. The molecule has 59 heavy (non-hydrogen) atoms. The van der Waals surface area contributed by atoms with Gasteiger partial charge in [0.15, 0.2) is 0 Å². The molecular weight excluding hydrogens is 711 g/mol. The van der Waals surface area contributed by atoms with Gasteiger partial charge in [-0.15, -0.1) is 16.4 Å². The number of fused-ring (bicyclic) bond motifs is 6. The molecule has 0 unspecified atom stereocenters. The molecule has 0 bridgehead atoms. The molecule has 0 saturated heterocycles. The van der Waals surface area contributed by atoms with Gasteiger partial charge in [-0.1, -0.05) is 138 Å². The summed E-state index contributed by atoms with van der Waals surface area (Å²) in [5, 5.41) is 6.23. The number of aromatic nitrogens is 2. The Morgan fingerprint density at radius 1 is 0.407 bits per heavy atom. The fourth-order valence-corrected chi connectivity index (χ4v) is 8.99. The number of para-hydroxylation sites is 4. The van der Waals surface area contributed by atoms with E-state index in [1.807, 2.05) is 54.6 Å². The van der Waals surface area contributed by atoms with Crippen LogP contribution in [0.5, 0.6) is 0 Å². The normalized spacial score (nSPS) is 11.7. The predicted molar refractivity (Wildman–Crippen MR) is 252 cm³/mol. The molecule has 0 aliphatic carbocycles. The van der Waals surface area contributed by atoms with Crippen LogP contribution in [0.15, 0.2) is 168 Å². The summed E-state index contributed by atoms with van der Waals surface area (Å²) >= 11 is 0. The van der Waals surface area contributed by atoms with Crippen LogP contribution < -0.4 is 27.3 Å². The monoisotopic (exact) mass is 738 g/mol. The molecule has 262 valence electrons. The number of furan rings is 1. The zero-order valence-corrected chi connectivity index (χ0v) is 31.8. The third-order valence-corrected chi connectivity index (χ3v) is 11.7. The van der Waals surface area contributed by atoms with Crippen LogP contribution in [0.1, 0.15) is 0 Å². The van der Waals surface area contributed by atoms with E-state index in [0.29, 0.717) is 5.56 Å². The van der Waals surface area contributed by atoms with E-state index in [0.717, 1.165) is 99.4 Å². The Bertz CT molecular complexity index is 3490. The Hall–Kier alpha value is -6.91. The molecule has 8 heteroatoms. The standard InChI is InChI=1S/C51H27B5N2O/c52-46-42(47(53)49(55)50(56)48(46)54)29-25-26-32-36(27-29)44(35-19-12-24-41-45(35)34-18-7-11-23-40(34)59-41)31-16-5-4-15-30(31)43(32)33-17-6-9-21-38(33)58-39-22-10-8-20-37(39)57-51(58)28-13-2-1-3-14-28/h1-27H. The van der Waals surface area contributed by atoms with Gasteiger partial charge in [-0.05, 0) is 85.8 Å². The summed E-state index contributed by atoms with van der Waals surface area (Å²) in [6.07, 6.45) is 0. The van der Waals surface area contributed by atoms with Crippen molar-refractivity contribution in [2.24, 2.45) is 0 Å². The van der Waals surface area contributed by atoms with Gasteiger partial charge in [-0.2, -0.15) is 0 Å². The van der Waals surface area contributed by atoms with Crippen LogP contribution in [-0.4, -0.2) is 48.8 Å². The van der Waals surface area contributed by atoms with E-state index in [2.05, 4.69) is 114 Å². The van der Waals surface area contributed by atoms with Crippen LogP contribution in [0, 0.1) is 0 Å². The van der Waals surface area contributed by atoms with Crippen molar-refractivity contribution in [1.82, 2.24) is 9.55 Å². The minimum absolute atomic E-state index is 0.176. The van der Waals surface area contributed by atoms with Crippen molar-refractivity contribution in [3.63, 3.8) is 0 Å². The summed E-state index contributed by atoms with van der Waals surface area (Å²) < 4.78 is 8.73. The van der Waals surface area contributed by atoms with Gasteiger partial charge in [0.2, 0.25) is 0 Å². The smallest absolute Gasteiger partial charge is 0.145 e. The minimum Gasteiger partial charge on any atom is -0.456 e. The van der Waals surface area contributed by atoms with Crippen molar-refractivity contribution in [1.29, 1.82) is 0 Å². The van der Waals surface area contributed by atoms with Gasteiger partial charge in [0, 0.05) is 21.9 Å². The molecule has 9 aromatic carbocycles. The summed E-state index contributed by atoms with van der Waals surface area (Å²) in [6, 6.07) is 56.6. The maximum absolute atomic E-state index is 6.73. The third-order valence-electron chi connectivity index (χ3n) is 11.7. The number of benzene rings is 9. The molecule has 11 aromatic rings. The Kier molecular flexibility index (Phi) is 8.13. The van der Waals surface area contributed by atoms with E-state index in [4.69, 9.17) is 48.6 Å². The van der Waals surface area contributed by atoms with Gasteiger partial charge in [-0.25, -0.2) is 4.98 Å². The van der Waals surface area contributed by atoms with Crippen LogP contribution in [0.2, 0.25) is 0 Å². The zero-order valence-electron chi connectivity index (χ0n) is 31.8. The van der Waals surface area contributed by atoms with Gasteiger partial charge in [-0.3, -0.25) is 4.57 Å². The summed E-state index contributed by atoms with van der Waals surface area (Å²) in [5.74, 6) is 0.856. The second-order valence-electron chi connectivity index (χ2n) is 14.9. The van der Waals surface area contributed by atoms with E-state index < -0.39 is 0 Å². The van der Waals surface area contributed by atoms with Crippen molar-refractivity contribution in [3.05, 3.63) is 164 Å². The number of nitrogens with zero attached hydrogens (tertiary/aromatic N) is 2. The van der Waals surface area contributed by atoms with Crippen molar-refractivity contribution < 1.29 is 4.42 Å². The highest BCUT2D eigenvalue weighted by Gasteiger charge is 2.24. The van der Waals surface area contributed by atoms with Crippen molar-refractivity contribution >= 4 is 121 Å². The lowest BCUT2D eigenvalue weighted by molar-refractivity contribution is 0.669. The first-order valence-corrected chi connectivity index (χ1v) is 19.4. The van der Waals surface area contributed by atoms with Crippen LogP contribution >= 0.6 is 0 Å². The fraction of sp³-hybridized carbons (Fsp3) is 0. The third kappa shape index (κ3) is 5.32. The van der Waals surface area contributed by atoms with E-state index >= 15 is 0 Å². The quantitative estimate of drug-likeness (QED) is 0.133. The Labute approximate surface area is 347 Å². The predicted octanol–water partition coefficient (Wildman–Crippen LogP) is 7.87. The summed E-state index contributed by atoms with van der Waals surface area (Å²) in [4.78, 5) is 5.20. The molecule has 0 saturated carbocycles. The molecule has 0 N–H and O–H groups in total. The highest BCUT2D eigenvalue weighted by atomic mass is 16.3. The van der Waals surface area contributed by atoms with Gasteiger partial charge < -0.3 is 4.42 Å². The Morgan fingerprint density at radius 2 is 0.983 bits per heavy atom. The highest BCUT2D eigenvalue weighted by molar-refractivity contribution is 6.68. The molecule has 3 nitrogen and oxygen atoms in total. The van der Waals surface area contributed by atoms with Crippen molar-refractivity contribution in [2.45, 2.75) is 0 Å². The minimum atomic E-state index is 0.176. The molecule has 0 aliphatic heterocycles. The van der Waals surface area contributed by atoms with Crippen LogP contribution in [0.3, 0.4) is 0 Å². The SMILES string of the molecule is [B]c1c([B])c([B])c(-c2ccc3c(-c4ccccc4-n4c(-c5ccccc5)nc5ccccc54)c4ccccc4c(-c4cccc5oc6ccccc6c45)c3c2)c([B])c1[B]. The first-order valence-electron chi connectivity index (χ1n) is 19.4. The molecule has 2 heterocycles. The fourth-order valence-electron chi connectivity index (χ4n) is 8.99. The summed E-state index contributed by atoms with van der Waals surface area (Å²) in [5.41, 5.74) is 12.2. The van der Waals surface area contributed by atoms with Crippen LogP contribution in [-0.2, 0) is 0 Å². The average Bonchev–Trinajstić information content (AvgIpc) is 3.86. The van der Waals surface area contributed by atoms with E-state index in [1.54, 1.807) is 0 Å². The second-order valence-corrected chi connectivity index (χ2v) is 14.9. The lowest BCUT2D eigenvalue weighted by Gasteiger charge is -2.24.